The number of hydrogen-bond acceptors (Lipinski definition) is 6. The van der Waals surface area contributed by atoms with Crippen LogP contribution in [0.15, 0.2) is 36.8 Å². The highest BCUT2D eigenvalue weighted by Gasteiger charge is 2.26. The zero-order chi connectivity index (χ0) is 17.6. The summed E-state index contributed by atoms with van der Waals surface area (Å²) < 4.78 is 11.8. The van der Waals surface area contributed by atoms with Crippen LogP contribution in [0.25, 0.3) is 0 Å². The lowest BCUT2D eigenvalue weighted by molar-refractivity contribution is 0.0818. The average Bonchev–Trinajstić information content (AvgIpc) is 2.71. The van der Waals surface area contributed by atoms with Gasteiger partial charge in [0.2, 0.25) is 5.88 Å². The molecule has 0 atom stereocenters. The number of anilines is 1. The molecule has 0 aromatic carbocycles. The molecule has 2 aliphatic rings. The average molecular weight is 354 g/mol. The SMILES string of the molecule is c1ccc(NC2CCC(Oc3nccnc3C3CCOCC3)CC2)nc1. The first-order chi connectivity index (χ1) is 12.9. The molecule has 26 heavy (non-hydrogen) atoms. The minimum atomic E-state index is 0.215. The molecule has 4 rings (SSSR count). The predicted octanol–water partition coefficient (Wildman–Crippen LogP) is 3.57. The molecule has 138 valence electrons. The summed E-state index contributed by atoms with van der Waals surface area (Å²) in [5, 5.41) is 3.52. The molecule has 0 unspecified atom stereocenters. The molecule has 1 N–H and O–H groups in total. The van der Waals surface area contributed by atoms with Crippen molar-refractivity contribution in [3.63, 3.8) is 0 Å². The lowest BCUT2D eigenvalue weighted by Gasteiger charge is -2.30. The summed E-state index contributed by atoms with van der Waals surface area (Å²) in [6.45, 7) is 1.59. The van der Waals surface area contributed by atoms with Crippen molar-refractivity contribution in [2.45, 2.75) is 56.6 Å². The highest BCUT2D eigenvalue weighted by Crippen LogP contribution is 2.32. The lowest BCUT2D eigenvalue weighted by atomic mass is 9.92. The molecule has 1 aliphatic carbocycles. The molecule has 3 heterocycles. The highest BCUT2D eigenvalue weighted by molar-refractivity contribution is 5.34. The zero-order valence-electron chi connectivity index (χ0n) is 15.0. The molecule has 2 fully saturated rings. The summed E-state index contributed by atoms with van der Waals surface area (Å²) in [6, 6.07) is 6.42. The largest absolute Gasteiger partial charge is 0.473 e. The van der Waals surface area contributed by atoms with Crippen LogP contribution in [0.5, 0.6) is 5.88 Å². The van der Waals surface area contributed by atoms with Gasteiger partial charge in [-0.05, 0) is 50.7 Å². The Hall–Kier alpha value is -2.21. The third-order valence-corrected chi connectivity index (χ3v) is 5.27. The van der Waals surface area contributed by atoms with Gasteiger partial charge in [0.1, 0.15) is 17.6 Å². The Kier molecular flexibility index (Phi) is 5.59. The number of pyridine rings is 1. The summed E-state index contributed by atoms with van der Waals surface area (Å²) in [5.41, 5.74) is 1.00. The van der Waals surface area contributed by atoms with Gasteiger partial charge < -0.3 is 14.8 Å². The predicted molar refractivity (Wildman–Crippen MR) is 99.4 cm³/mol. The van der Waals surface area contributed by atoms with Crippen molar-refractivity contribution in [3.05, 3.63) is 42.5 Å². The molecule has 0 radical (unpaired) electrons. The van der Waals surface area contributed by atoms with Crippen LogP contribution in [0.4, 0.5) is 5.82 Å². The van der Waals surface area contributed by atoms with Crippen molar-refractivity contribution in [1.29, 1.82) is 0 Å². The number of hydrogen-bond donors (Lipinski definition) is 1. The van der Waals surface area contributed by atoms with Crippen LogP contribution in [0.2, 0.25) is 0 Å². The molecule has 1 saturated carbocycles. The van der Waals surface area contributed by atoms with Crippen LogP contribution in [0.3, 0.4) is 0 Å². The van der Waals surface area contributed by atoms with Crippen molar-refractivity contribution in [1.82, 2.24) is 15.0 Å². The van der Waals surface area contributed by atoms with Crippen molar-refractivity contribution >= 4 is 5.82 Å². The van der Waals surface area contributed by atoms with E-state index < -0.39 is 0 Å². The quantitative estimate of drug-likeness (QED) is 0.885. The number of nitrogens with one attached hydrogen (secondary N) is 1. The minimum absolute atomic E-state index is 0.215. The monoisotopic (exact) mass is 354 g/mol. The van der Waals surface area contributed by atoms with Crippen molar-refractivity contribution in [3.8, 4) is 5.88 Å². The van der Waals surface area contributed by atoms with E-state index in [9.17, 15) is 0 Å². The van der Waals surface area contributed by atoms with Gasteiger partial charge in [0.25, 0.3) is 0 Å². The van der Waals surface area contributed by atoms with Gasteiger partial charge in [-0.15, -0.1) is 0 Å². The van der Waals surface area contributed by atoms with E-state index in [0.717, 1.165) is 69.1 Å². The molecule has 0 bridgehead atoms. The van der Waals surface area contributed by atoms with Gasteiger partial charge in [-0.2, -0.15) is 0 Å². The smallest absolute Gasteiger partial charge is 0.236 e. The number of ether oxygens (including phenoxy) is 2. The third kappa shape index (κ3) is 4.30. The molecule has 0 spiro atoms. The third-order valence-electron chi connectivity index (χ3n) is 5.27. The Morgan fingerprint density at radius 1 is 0.885 bits per heavy atom. The summed E-state index contributed by atoms with van der Waals surface area (Å²) >= 11 is 0. The van der Waals surface area contributed by atoms with Crippen LogP contribution in [-0.2, 0) is 4.74 Å². The molecular formula is C20H26N4O2. The van der Waals surface area contributed by atoms with Crippen LogP contribution in [0.1, 0.15) is 50.1 Å². The maximum atomic E-state index is 6.28. The summed E-state index contributed by atoms with van der Waals surface area (Å²) in [4.78, 5) is 13.4. The van der Waals surface area contributed by atoms with E-state index in [2.05, 4.69) is 20.3 Å². The Morgan fingerprint density at radius 3 is 2.46 bits per heavy atom. The van der Waals surface area contributed by atoms with E-state index in [1.807, 2.05) is 24.4 Å². The van der Waals surface area contributed by atoms with E-state index in [1.165, 1.54) is 0 Å². The standard InChI is InChI=1S/C20H26N4O2/c1-2-10-21-18(3-1)24-16-4-6-17(7-5-16)26-20-19(22-11-12-23-20)15-8-13-25-14-9-15/h1-3,10-12,15-17H,4-9,13-14H2,(H,21,24). The fourth-order valence-corrected chi connectivity index (χ4v) is 3.82. The van der Waals surface area contributed by atoms with Crippen LogP contribution in [0, 0.1) is 0 Å². The van der Waals surface area contributed by atoms with E-state index in [4.69, 9.17) is 9.47 Å². The van der Waals surface area contributed by atoms with Gasteiger partial charge in [-0.25, -0.2) is 9.97 Å². The Bertz CT molecular complexity index is 683. The zero-order valence-corrected chi connectivity index (χ0v) is 15.0. The lowest BCUT2D eigenvalue weighted by Crippen LogP contribution is -2.32. The maximum Gasteiger partial charge on any atom is 0.236 e. The van der Waals surface area contributed by atoms with E-state index in [1.54, 1.807) is 12.4 Å². The molecule has 2 aromatic rings. The second-order valence-electron chi connectivity index (χ2n) is 7.08. The second kappa shape index (κ2) is 8.45. The van der Waals surface area contributed by atoms with Crippen molar-refractivity contribution < 1.29 is 9.47 Å². The molecule has 6 nitrogen and oxygen atoms in total. The minimum Gasteiger partial charge on any atom is -0.473 e. The Morgan fingerprint density at radius 2 is 1.69 bits per heavy atom. The first-order valence-corrected chi connectivity index (χ1v) is 9.61. The topological polar surface area (TPSA) is 69.2 Å². The molecule has 6 heteroatoms. The fourth-order valence-electron chi connectivity index (χ4n) is 3.82. The normalized spacial score (nSPS) is 24.2. The number of rotatable bonds is 5. The van der Waals surface area contributed by atoms with E-state index in [-0.39, 0.29) is 6.10 Å². The Labute approximate surface area is 154 Å². The molecule has 1 aliphatic heterocycles. The fraction of sp³-hybridized carbons (Fsp3) is 0.550. The van der Waals surface area contributed by atoms with Crippen LogP contribution < -0.4 is 10.1 Å². The summed E-state index contributed by atoms with van der Waals surface area (Å²) in [5.74, 6) is 2.07. The molecule has 1 saturated heterocycles. The molecule has 2 aromatic heterocycles. The van der Waals surface area contributed by atoms with E-state index in [0.29, 0.717) is 12.0 Å². The van der Waals surface area contributed by atoms with Gasteiger partial charge in [-0.3, -0.25) is 4.98 Å². The van der Waals surface area contributed by atoms with Crippen LogP contribution in [-0.4, -0.2) is 40.3 Å². The molecular weight excluding hydrogens is 328 g/mol. The summed E-state index contributed by atoms with van der Waals surface area (Å²) in [7, 11) is 0. The highest BCUT2D eigenvalue weighted by atomic mass is 16.5. The van der Waals surface area contributed by atoms with Crippen LogP contribution >= 0.6 is 0 Å². The summed E-state index contributed by atoms with van der Waals surface area (Å²) in [6.07, 6.45) is 11.7. The van der Waals surface area contributed by atoms with Crippen molar-refractivity contribution in [2.24, 2.45) is 0 Å². The Balaban J connectivity index is 1.33. The first-order valence-electron chi connectivity index (χ1n) is 9.61. The number of nitrogens with zero attached hydrogens (tertiary/aromatic N) is 3. The van der Waals surface area contributed by atoms with Gasteiger partial charge >= 0.3 is 0 Å². The first kappa shape index (κ1) is 17.2. The van der Waals surface area contributed by atoms with Gasteiger partial charge in [-0.1, -0.05) is 6.07 Å². The van der Waals surface area contributed by atoms with E-state index >= 15 is 0 Å². The van der Waals surface area contributed by atoms with Gasteiger partial charge in [0, 0.05) is 43.8 Å². The van der Waals surface area contributed by atoms with Gasteiger partial charge in [0.15, 0.2) is 0 Å². The van der Waals surface area contributed by atoms with Crippen molar-refractivity contribution in [2.75, 3.05) is 18.5 Å². The number of aromatic nitrogens is 3. The van der Waals surface area contributed by atoms with Gasteiger partial charge in [0.05, 0.1) is 0 Å². The second-order valence-corrected chi connectivity index (χ2v) is 7.08. The molecule has 0 amide bonds. The maximum absolute atomic E-state index is 6.28.